The minimum atomic E-state index is -3.88. The molecule has 0 aliphatic rings. The zero-order chi connectivity index (χ0) is 17.0. The number of nitrogens with one attached hydrogen (secondary N) is 1. The van der Waals surface area contributed by atoms with Crippen LogP contribution < -0.4 is 4.72 Å². The quantitative estimate of drug-likeness (QED) is 0.668. The monoisotopic (exact) mass is 331 g/mol. The first-order valence-corrected chi connectivity index (χ1v) is 8.16. The highest BCUT2D eigenvalue weighted by Crippen LogP contribution is 2.25. The smallest absolute Gasteiger partial charge is 0.274 e. The molecule has 8 heteroatoms. The second-order valence-electron chi connectivity index (χ2n) is 4.70. The van der Waals surface area contributed by atoms with Crippen molar-refractivity contribution in [3.05, 3.63) is 63.7 Å². The van der Waals surface area contributed by atoms with Crippen molar-refractivity contribution >= 4 is 21.4 Å². The molecule has 0 spiro atoms. The molecule has 2 aromatic rings. The molecule has 0 amide bonds. The van der Waals surface area contributed by atoms with Gasteiger partial charge < -0.3 is 0 Å². The number of nitriles is 1. The first-order valence-electron chi connectivity index (χ1n) is 6.67. The molecule has 0 fully saturated rings. The summed E-state index contributed by atoms with van der Waals surface area (Å²) in [7, 11) is -3.88. The van der Waals surface area contributed by atoms with Gasteiger partial charge in [0.25, 0.3) is 15.7 Å². The molecule has 118 valence electrons. The molecule has 0 radical (unpaired) electrons. The van der Waals surface area contributed by atoms with Crippen LogP contribution in [-0.4, -0.2) is 13.3 Å². The summed E-state index contributed by atoms with van der Waals surface area (Å²) in [5, 5.41) is 19.8. The highest BCUT2D eigenvalue weighted by molar-refractivity contribution is 7.92. The molecule has 0 saturated heterocycles. The van der Waals surface area contributed by atoms with Gasteiger partial charge in [-0.05, 0) is 36.8 Å². The van der Waals surface area contributed by atoms with Gasteiger partial charge in [-0.15, -0.1) is 0 Å². The summed E-state index contributed by atoms with van der Waals surface area (Å²) in [6.45, 7) is 1.78. The van der Waals surface area contributed by atoms with E-state index in [0.717, 1.165) is 0 Å². The zero-order valence-corrected chi connectivity index (χ0v) is 13.0. The third-order valence-electron chi connectivity index (χ3n) is 3.21. The van der Waals surface area contributed by atoms with Crippen molar-refractivity contribution in [1.82, 2.24) is 0 Å². The summed E-state index contributed by atoms with van der Waals surface area (Å²) in [5.74, 6) is 0. The predicted molar refractivity (Wildman–Crippen MR) is 84.4 cm³/mol. The van der Waals surface area contributed by atoms with Crippen LogP contribution in [0, 0.1) is 21.4 Å². The van der Waals surface area contributed by atoms with E-state index in [1.807, 2.05) is 6.07 Å². The van der Waals surface area contributed by atoms with Crippen molar-refractivity contribution in [2.75, 3.05) is 4.72 Å². The predicted octanol–water partition coefficient (Wildman–Crippen LogP) is 2.83. The Hall–Kier alpha value is -2.92. The summed E-state index contributed by atoms with van der Waals surface area (Å²) in [6, 6.07) is 11.5. The molecule has 0 heterocycles. The molecule has 7 nitrogen and oxygen atoms in total. The van der Waals surface area contributed by atoms with Crippen molar-refractivity contribution in [3.8, 4) is 6.07 Å². The Labute approximate surface area is 133 Å². The number of nitro groups is 1. The first kappa shape index (κ1) is 16.5. The Bertz CT molecular complexity index is 884. The number of aryl methyl sites for hydroxylation is 1. The maximum Gasteiger partial charge on any atom is 0.274 e. The normalized spacial score (nSPS) is 10.8. The Kier molecular flexibility index (Phi) is 4.62. The van der Waals surface area contributed by atoms with E-state index in [4.69, 9.17) is 5.26 Å². The summed E-state index contributed by atoms with van der Waals surface area (Å²) >= 11 is 0. The van der Waals surface area contributed by atoms with Crippen molar-refractivity contribution in [1.29, 1.82) is 5.26 Å². The van der Waals surface area contributed by atoms with Crippen LogP contribution >= 0.6 is 0 Å². The molecule has 0 aliphatic heterocycles. The van der Waals surface area contributed by atoms with Gasteiger partial charge >= 0.3 is 0 Å². The van der Waals surface area contributed by atoms with Gasteiger partial charge in [-0.3, -0.25) is 14.8 Å². The second kappa shape index (κ2) is 6.46. The molecule has 0 atom stereocenters. The van der Waals surface area contributed by atoms with E-state index in [1.54, 1.807) is 6.92 Å². The lowest BCUT2D eigenvalue weighted by Crippen LogP contribution is -2.13. The molecule has 1 N–H and O–H groups in total. The first-order chi connectivity index (χ1) is 10.9. The Morgan fingerprint density at radius 1 is 1.22 bits per heavy atom. The number of rotatable bonds is 5. The number of sulfonamides is 1. The molecule has 0 bridgehead atoms. The molecular formula is C15H13N3O4S. The Morgan fingerprint density at radius 3 is 2.39 bits per heavy atom. The second-order valence-corrected chi connectivity index (χ2v) is 6.38. The van der Waals surface area contributed by atoms with Crippen LogP contribution in [0.2, 0.25) is 0 Å². The number of benzene rings is 2. The minimum absolute atomic E-state index is 0.0290. The van der Waals surface area contributed by atoms with Crippen LogP contribution in [-0.2, 0) is 16.4 Å². The van der Waals surface area contributed by atoms with Crippen LogP contribution in [0.25, 0.3) is 0 Å². The zero-order valence-electron chi connectivity index (χ0n) is 12.2. The molecule has 0 aliphatic carbocycles. The summed E-state index contributed by atoms with van der Waals surface area (Å²) < 4.78 is 26.8. The van der Waals surface area contributed by atoms with Gasteiger partial charge in [0.15, 0.2) is 0 Å². The molecule has 0 aromatic heterocycles. The lowest BCUT2D eigenvalue weighted by atomic mass is 10.1. The van der Waals surface area contributed by atoms with E-state index in [2.05, 4.69) is 4.72 Å². The number of hydrogen-bond donors (Lipinski definition) is 1. The maximum absolute atomic E-state index is 12.3. The fraction of sp³-hybridized carbons (Fsp3) is 0.133. The minimum Gasteiger partial charge on any atom is -0.279 e. The molecular weight excluding hydrogens is 318 g/mol. The van der Waals surface area contributed by atoms with E-state index in [0.29, 0.717) is 17.5 Å². The van der Waals surface area contributed by atoms with Gasteiger partial charge in [0.2, 0.25) is 0 Å². The lowest BCUT2D eigenvalue weighted by molar-refractivity contribution is -0.385. The van der Waals surface area contributed by atoms with E-state index in [9.17, 15) is 18.5 Å². The summed E-state index contributed by atoms with van der Waals surface area (Å²) in [6.07, 6.45) is 0.471. The van der Waals surface area contributed by atoms with Crippen LogP contribution in [0.3, 0.4) is 0 Å². The average molecular weight is 331 g/mol. The number of nitro benzene ring substituents is 1. The van der Waals surface area contributed by atoms with Crippen molar-refractivity contribution in [3.63, 3.8) is 0 Å². The summed E-state index contributed by atoms with van der Waals surface area (Å²) in [5.41, 5.74) is 0.842. The van der Waals surface area contributed by atoms with Crippen molar-refractivity contribution < 1.29 is 13.3 Å². The fourth-order valence-electron chi connectivity index (χ4n) is 2.02. The van der Waals surface area contributed by atoms with Gasteiger partial charge in [-0.1, -0.05) is 13.0 Å². The van der Waals surface area contributed by atoms with E-state index >= 15 is 0 Å². The Morgan fingerprint density at radius 2 is 1.87 bits per heavy atom. The SMILES string of the molecule is CCc1ccc(NS(=O)(=O)c2ccc(C#N)cc2)cc1[N+](=O)[O-]. The number of nitrogens with zero attached hydrogens (tertiary/aromatic N) is 2. The van der Waals surface area contributed by atoms with Gasteiger partial charge in [0.1, 0.15) is 0 Å². The van der Waals surface area contributed by atoms with E-state index < -0.39 is 14.9 Å². The van der Waals surface area contributed by atoms with Crippen LogP contribution in [0.1, 0.15) is 18.1 Å². The third kappa shape index (κ3) is 3.64. The number of hydrogen-bond acceptors (Lipinski definition) is 5. The van der Waals surface area contributed by atoms with Crippen molar-refractivity contribution in [2.24, 2.45) is 0 Å². The van der Waals surface area contributed by atoms with Gasteiger partial charge in [-0.25, -0.2) is 8.42 Å². The highest BCUT2D eigenvalue weighted by Gasteiger charge is 2.18. The molecule has 23 heavy (non-hydrogen) atoms. The topological polar surface area (TPSA) is 113 Å². The largest absolute Gasteiger partial charge is 0.279 e. The molecule has 0 unspecified atom stereocenters. The maximum atomic E-state index is 12.3. The van der Waals surface area contributed by atoms with E-state index in [-0.39, 0.29) is 16.3 Å². The van der Waals surface area contributed by atoms with Crippen LogP contribution in [0.15, 0.2) is 47.4 Å². The fourth-order valence-corrected chi connectivity index (χ4v) is 3.07. The van der Waals surface area contributed by atoms with Crippen LogP contribution in [0.4, 0.5) is 11.4 Å². The Balaban J connectivity index is 2.35. The standard InChI is InChI=1S/C15H13N3O4S/c1-2-12-5-6-13(9-15(12)18(19)20)17-23(21,22)14-7-3-11(10-16)4-8-14/h3-9,17H,2H2,1H3. The number of anilines is 1. The van der Waals surface area contributed by atoms with Crippen LogP contribution in [0.5, 0.6) is 0 Å². The van der Waals surface area contributed by atoms with E-state index in [1.165, 1.54) is 42.5 Å². The average Bonchev–Trinajstić information content (AvgIpc) is 2.54. The van der Waals surface area contributed by atoms with Gasteiger partial charge in [0.05, 0.1) is 27.1 Å². The molecule has 2 rings (SSSR count). The van der Waals surface area contributed by atoms with Gasteiger partial charge in [-0.2, -0.15) is 5.26 Å². The summed E-state index contributed by atoms with van der Waals surface area (Å²) in [4.78, 5) is 10.5. The molecule has 0 saturated carbocycles. The third-order valence-corrected chi connectivity index (χ3v) is 4.61. The van der Waals surface area contributed by atoms with Crippen molar-refractivity contribution in [2.45, 2.75) is 18.2 Å². The van der Waals surface area contributed by atoms with Gasteiger partial charge in [0, 0.05) is 11.6 Å². The molecule has 2 aromatic carbocycles. The lowest BCUT2D eigenvalue weighted by Gasteiger charge is -2.09. The highest BCUT2D eigenvalue weighted by atomic mass is 32.2.